The Kier molecular flexibility index (Phi) is 4.61. The first kappa shape index (κ1) is 16.4. The van der Waals surface area contributed by atoms with E-state index in [-0.39, 0.29) is 24.1 Å². The van der Waals surface area contributed by atoms with Gasteiger partial charge in [-0.2, -0.15) is 0 Å². The second-order valence-corrected chi connectivity index (χ2v) is 5.67. The summed E-state index contributed by atoms with van der Waals surface area (Å²) in [5.74, 6) is -0.513. The van der Waals surface area contributed by atoms with Gasteiger partial charge in [-0.05, 0) is 29.3 Å². The lowest BCUT2D eigenvalue weighted by molar-refractivity contribution is -0.123. The van der Waals surface area contributed by atoms with Crippen LogP contribution in [0.25, 0.3) is 6.08 Å². The Labute approximate surface area is 145 Å². The smallest absolute Gasteiger partial charge is 0.326 e. The summed E-state index contributed by atoms with van der Waals surface area (Å²) in [6.45, 7) is 1.66. The van der Waals surface area contributed by atoms with Gasteiger partial charge in [0.15, 0.2) is 0 Å². The van der Waals surface area contributed by atoms with Gasteiger partial charge in [-0.3, -0.25) is 14.5 Å². The Morgan fingerprint density at radius 2 is 1.76 bits per heavy atom. The molecule has 3 rings (SSSR count). The number of imide groups is 1. The van der Waals surface area contributed by atoms with Gasteiger partial charge in [0.2, 0.25) is 5.91 Å². The lowest BCUT2D eigenvalue weighted by Gasteiger charge is -2.11. The molecular weight excluding hydrogens is 318 g/mol. The van der Waals surface area contributed by atoms with E-state index in [4.69, 9.17) is 0 Å². The zero-order valence-electron chi connectivity index (χ0n) is 13.7. The van der Waals surface area contributed by atoms with Gasteiger partial charge in [0.1, 0.15) is 5.70 Å². The highest BCUT2D eigenvalue weighted by atomic mass is 16.2. The summed E-state index contributed by atoms with van der Waals surface area (Å²) in [7, 11) is 0. The van der Waals surface area contributed by atoms with Crippen molar-refractivity contribution in [2.24, 2.45) is 0 Å². The summed E-state index contributed by atoms with van der Waals surface area (Å²) in [5.41, 5.74) is 2.53. The van der Waals surface area contributed by atoms with Gasteiger partial charge in [0.05, 0.1) is 6.54 Å². The highest BCUT2D eigenvalue weighted by molar-refractivity contribution is 6.13. The van der Waals surface area contributed by atoms with Crippen LogP contribution in [-0.4, -0.2) is 22.7 Å². The molecule has 1 aliphatic rings. The third-order valence-corrected chi connectivity index (χ3v) is 3.69. The Balaban J connectivity index is 1.74. The van der Waals surface area contributed by atoms with Crippen molar-refractivity contribution in [2.75, 3.05) is 5.32 Å². The summed E-state index contributed by atoms with van der Waals surface area (Å²) >= 11 is 0. The summed E-state index contributed by atoms with van der Waals surface area (Å²) in [6, 6.07) is 15.9. The minimum absolute atomic E-state index is 0.152. The standard InChI is InChI=1S/C19H17N3O3/c1-13(23)20-16-9-7-14(8-10-16)11-17-18(24)22(19(25)21-17)12-15-5-3-2-4-6-15/h2-11H,12H2,1H3,(H,20,23)(H,21,25)/b17-11-. The minimum Gasteiger partial charge on any atom is -0.326 e. The highest BCUT2D eigenvalue weighted by Gasteiger charge is 2.33. The van der Waals surface area contributed by atoms with Gasteiger partial charge in [0, 0.05) is 12.6 Å². The van der Waals surface area contributed by atoms with Crippen LogP contribution in [0.15, 0.2) is 60.3 Å². The Hall–Kier alpha value is -3.41. The van der Waals surface area contributed by atoms with Crippen LogP contribution in [0.2, 0.25) is 0 Å². The Morgan fingerprint density at radius 3 is 2.40 bits per heavy atom. The zero-order chi connectivity index (χ0) is 17.8. The van der Waals surface area contributed by atoms with Crippen molar-refractivity contribution >= 4 is 29.6 Å². The molecule has 1 heterocycles. The number of carbonyl (C=O) groups is 3. The Bertz CT molecular complexity index is 842. The molecule has 0 atom stereocenters. The number of nitrogens with zero attached hydrogens (tertiary/aromatic N) is 1. The topological polar surface area (TPSA) is 78.5 Å². The molecule has 0 radical (unpaired) electrons. The van der Waals surface area contributed by atoms with Crippen LogP contribution in [0.3, 0.4) is 0 Å². The molecule has 6 nitrogen and oxygen atoms in total. The molecule has 1 aliphatic heterocycles. The predicted octanol–water partition coefficient (Wildman–Crippen LogP) is 2.74. The van der Waals surface area contributed by atoms with E-state index in [2.05, 4.69) is 10.6 Å². The second-order valence-electron chi connectivity index (χ2n) is 5.67. The van der Waals surface area contributed by atoms with Crippen molar-refractivity contribution in [2.45, 2.75) is 13.5 Å². The van der Waals surface area contributed by atoms with Crippen LogP contribution in [-0.2, 0) is 16.1 Å². The molecule has 0 unspecified atom stereocenters. The van der Waals surface area contributed by atoms with Crippen LogP contribution in [0.1, 0.15) is 18.1 Å². The molecule has 0 aliphatic carbocycles. The van der Waals surface area contributed by atoms with Gasteiger partial charge in [0.25, 0.3) is 5.91 Å². The van der Waals surface area contributed by atoms with Crippen LogP contribution < -0.4 is 10.6 Å². The molecule has 0 saturated carbocycles. The third-order valence-electron chi connectivity index (χ3n) is 3.69. The minimum atomic E-state index is -0.435. The number of amides is 4. The first-order valence-corrected chi connectivity index (χ1v) is 7.79. The Morgan fingerprint density at radius 1 is 1.08 bits per heavy atom. The molecule has 0 aromatic heterocycles. The molecule has 0 bridgehead atoms. The van der Waals surface area contributed by atoms with Crippen molar-refractivity contribution in [3.05, 3.63) is 71.4 Å². The molecule has 2 aromatic rings. The van der Waals surface area contributed by atoms with Crippen molar-refractivity contribution in [1.29, 1.82) is 0 Å². The number of hydrogen-bond acceptors (Lipinski definition) is 3. The second kappa shape index (κ2) is 7.00. The molecule has 126 valence electrons. The van der Waals surface area contributed by atoms with Gasteiger partial charge in [-0.15, -0.1) is 0 Å². The number of hydrogen-bond donors (Lipinski definition) is 2. The normalized spacial score (nSPS) is 15.4. The van der Waals surface area contributed by atoms with Crippen LogP contribution >= 0.6 is 0 Å². The molecule has 0 spiro atoms. The molecule has 1 saturated heterocycles. The summed E-state index contributed by atoms with van der Waals surface area (Å²) < 4.78 is 0. The first-order valence-electron chi connectivity index (χ1n) is 7.79. The quantitative estimate of drug-likeness (QED) is 0.666. The number of urea groups is 1. The number of benzene rings is 2. The average molecular weight is 335 g/mol. The van der Waals surface area contributed by atoms with E-state index < -0.39 is 6.03 Å². The number of nitrogens with one attached hydrogen (secondary N) is 2. The average Bonchev–Trinajstić information content (AvgIpc) is 2.85. The van der Waals surface area contributed by atoms with Gasteiger partial charge in [-0.1, -0.05) is 42.5 Å². The van der Waals surface area contributed by atoms with Crippen LogP contribution in [0, 0.1) is 0 Å². The van der Waals surface area contributed by atoms with E-state index in [0.717, 1.165) is 11.1 Å². The zero-order valence-corrected chi connectivity index (χ0v) is 13.7. The van der Waals surface area contributed by atoms with Gasteiger partial charge in [-0.25, -0.2) is 4.79 Å². The summed E-state index contributed by atoms with van der Waals surface area (Å²) in [6.07, 6.45) is 1.61. The SMILES string of the molecule is CC(=O)Nc1ccc(/C=C2\NC(=O)N(Cc3ccccc3)C2=O)cc1. The lowest BCUT2D eigenvalue weighted by atomic mass is 10.1. The maximum absolute atomic E-state index is 12.5. The number of anilines is 1. The number of carbonyl (C=O) groups excluding carboxylic acids is 3. The fraction of sp³-hybridized carbons (Fsp3) is 0.105. The van der Waals surface area contributed by atoms with Crippen molar-refractivity contribution in [1.82, 2.24) is 10.2 Å². The highest BCUT2D eigenvalue weighted by Crippen LogP contribution is 2.18. The van der Waals surface area contributed by atoms with E-state index in [1.807, 2.05) is 30.3 Å². The number of rotatable bonds is 4. The van der Waals surface area contributed by atoms with Crippen LogP contribution in [0.5, 0.6) is 0 Å². The van der Waals surface area contributed by atoms with E-state index >= 15 is 0 Å². The van der Waals surface area contributed by atoms with E-state index in [1.54, 1.807) is 30.3 Å². The molecule has 1 fully saturated rings. The molecule has 2 N–H and O–H groups in total. The molecular formula is C19H17N3O3. The summed E-state index contributed by atoms with van der Waals surface area (Å²) in [5, 5.41) is 5.27. The van der Waals surface area contributed by atoms with Gasteiger partial charge >= 0.3 is 6.03 Å². The first-order chi connectivity index (χ1) is 12.0. The summed E-state index contributed by atoms with van der Waals surface area (Å²) in [4.78, 5) is 36.7. The molecule has 4 amide bonds. The largest absolute Gasteiger partial charge is 0.329 e. The third kappa shape index (κ3) is 3.92. The maximum atomic E-state index is 12.5. The predicted molar refractivity (Wildman–Crippen MR) is 94.2 cm³/mol. The fourth-order valence-corrected chi connectivity index (χ4v) is 2.51. The van der Waals surface area contributed by atoms with E-state index in [0.29, 0.717) is 5.69 Å². The molecule has 25 heavy (non-hydrogen) atoms. The van der Waals surface area contributed by atoms with Crippen molar-refractivity contribution < 1.29 is 14.4 Å². The molecule has 6 heteroatoms. The fourth-order valence-electron chi connectivity index (χ4n) is 2.51. The lowest BCUT2D eigenvalue weighted by Crippen LogP contribution is -2.30. The van der Waals surface area contributed by atoms with Crippen molar-refractivity contribution in [3.8, 4) is 0 Å². The van der Waals surface area contributed by atoms with E-state index in [1.165, 1.54) is 11.8 Å². The van der Waals surface area contributed by atoms with Gasteiger partial charge < -0.3 is 10.6 Å². The van der Waals surface area contributed by atoms with E-state index in [9.17, 15) is 14.4 Å². The van der Waals surface area contributed by atoms with Crippen LogP contribution in [0.4, 0.5) is 10.5 Å². The van der Waals surface area contributed by atoms with Crippen molar-refractivity contribution in [3.63, 3.8) is 0 Å². The monoisotopic (exact) mass is 335 g/mol. The molecule has 2 aromatic carbocycles. The maximum Gasteiger partial charge on any atom is 0.329 e.